The zero-order chi connectivity index (χ0) is 14.5. The fraction of sp³-hybridized carbons (Fsp3) is 0.111. The van der Waals surface area contributed by atoms with Crippen molar-refractivity contribution in [3.8, 4) is 0 Å². The Morgan fingerprint density at radius 1 is 0.810 bits per heavy atom. The number of aromatic nitrogens is 2. The number of aryl methyl sites for hydroxylation is 1. The van der Waals surface area contributed by atoms with Gasteiger partial charge in [-0.2, -0.15) is 0 Å². The number of anilines is 1. The standard InChI is InChI=1S/C18H17N3/c1-14-19-13-12-17(20-14)21-18(15-8-4-2-5-9-15)16-10-6-3-7-11-16/h2-13,18H,1H3,(H,19,20,21). The van der Waals surface area contributed by atoms with Crippen LogP contribution in [-0.4, -0.2) is 9.97 Å². The molecule has 0 saturated heterocycles. The van der Waals surface area contributed by atoms with Gasteiger partial charge in [0.2, 0.25) is 0 Å². The van der Waals surface area contributed by atoms with Gasteiger partial charge in [-0.15, -0.1) is 0 Å². The van der Waals surface area contributed by atoms with E-state index in [1.165, 1.54) is 11.1 Å². The second-order valence-corrected chi connectivity index (χ2v) is 4.89. The van der Waals surface area contributed by atoms with Gasteiger partial charge in [0, 0.05) is 6.20 Å². The summed E-state index contributed by atoms with van der Waals surface area (Å²) in [7, 11) is 0. The van der Waals surface area contributed by atoms with E-state index in [0.717, 1.165) is 11.6 Å². The van der Waals surface area contributed by atoms with Crippen LogP contribution in [0.2, 0.25) is 0 Å². The van der Waals surface area contributed by atoms with Crippen molar-refractivity contribution in [2.24, 2.45) is 0 Å². The third-order valence-electron chi connectivity index (χ3n) is 3.33. The lowest BCUT2D eigenvalue weighted by Gasteiger charge is -2.20. The summed E-state index contributed by atoms with van der Waals surface area (Å²) >= 11 is 0. The molecule has 2 aromatic carbocycles. The van der Waals surface area contributed by atoms with Crippen molar-refractivity contribution in [2.75, 3.05) is 5.32 Å². The quantitative estimate of drug-likeness (QED) is 0.782. The molecule has 0 atom stereocenters. The van der Waals surface area contributed by atoms with Gasteiger partial charge < -0.3 is 5.32 Å². The molecule has 3 nitrogen and oxygen atoms in total. The first-order valence-corrected chi connectivity index (χ1v) is 6.99. The van der Waals surface area contributed by atoms with Crippen molar-refractivity contribution >= 4 is 5.82 Å². The van der Waals surface area contributed by atoms with Crippen LogP contribution in [0.15, 0.2) is 72.9 Å². The van der Waals surface area contributed by atoms with E-state index >= 15 is 0 Å². The lowest BCUT2D eigenvalue weighted by Crippen LogP contribution is -2.13. The molecule has 0 amide bonds. The topological polar surface area (TPSA) is 37.8 Å². The molecule has 104 valence electrons. The van der Waals surface area contributed by atoms with Crippen molar-refractivity contribution < 1.29 is 0 Å². The van der Waals surface area contributed by atoms with Gasteiger partial charge in [-0.3, -0.25) is 0 Å². The van der Waals surface area contributed by atoms with E-state index in [1.807, 2.05) is 25.1 Å². The van der Waals surface area contributed by atoms with E-state index < -0.39 is 0 Å². The van der Waals surface area contributed by atoms with Gasteiger partial charge in [0.15, 0.2) is 0 Å². The summed E-state index contributed by atoms with van der Waals surface area (Å²) in [5.41, 5.74) is 2.42. The van der Waals surface area contributed by atoms with Crippen LogP contribution < -0.4 is 5.32 Å². The summed E-state index contributed by atoms with van der Waals surface area (Å²) in [5.74, 6) is 1.60. The number of rotatable bonds is 4. The minimum absolute atomic E-state index is 0.0710. The van der Waals surface area contributed by atoms with E-state index in [-0.39, 0.29) is 6.04 Å². The average Bonchev–Trinajstić information content (AvgIpc) is 2.54. The predicted molar refractivity (Wildman–Crippen MR) is 85.1 cm³/mol. The van der Waals surface area contributed by atoms with Gasteiger partial charge in [-0.05, 0) is 24.1 Å². The van der Waals surface area contributed by atoms with Gasteiger partial charge in [0.1, 0.15) is 11.6 Å². The highest BCUT2D eigenvalue weighted by molar-refractivity contribution is 5.43. The molecule has 0 radical (unpaired) electrons. The van der Waals surface area contributed by atoms with Gasteiger partial charge in [0.25, 0.3) is 0 Å². The van der Waals surface area contributed by atoms with E-state index in [4.69, 9.17) is 0 Å². The number of hydrogen-bond donors (Lipinski definition) is 1. The molecule has 0 fully saturated rings. The Bertz CT molecular complexity index is 656. The Balaban J connectivity index is 1.97. The normalized spacial score (nSPS) is 10.6. The monoisotopic (exact) mass is 275 g/mol. The molecule has 3 heteroatoms. The molecule has 0 aliphatic carbocycles. The molecular weight excluding hydrogens is 258 g/mol. The van der Waals surface area contributed by atoms with E-state index in [1.54, 1.807) is 6.20 Å². The maximum atomic E-state index is 4.44. The number of hydrogen-bond acceptors (Lipinski definition) is 3. The maximum Gasteiger partial charge on any atom is 0.130 e. The van der Waals surface area contributed by atoms with E-state index in [2.05, 4.69) is 63.8 Å². The van der Waals surface area contributed by atoms with Crippen LogP contribution in [0.25, 0.3) is 0 Å². The largest absolute Gasteiger partial charge is 0.359 e. The molecule has 0 saturated carbocycles. The van der Waals surface area contributed by atoms with Crippen molar-refractivity contribution in [3.63, 3.8) is 0 Å². The minimum atomic E-state index is 0.0710. The molecule has 1 aromatic heterocycles. The summed E-state index contributed by atoms with van der Waals surface area (Å²) in [6, 6.07) is 22.7. The molecule has 0 bridgehead atoms. The Kier molecular flexibility index (Phi) is 3.92. The fourth-order valence-corrected chi connectivity index (χ4v) is 2.33. The third kappa shape index (κ3) is 3.26. The molecule has 21 heavy (non-hydrogen) atoms. The predicted octanol–water partition coefficient (Wildman–Crippen LogP) is 3.99. The Morgan fingerprint density at radius 3 is 1.90 bits per heavy atom. The summed E-state index contributed by atoms with van der Waals surface area (Å²) in [6.07, 6.45) is 1.78. The van der Waals surface area contributed by atoms with Gasteiger partial charge in [-0.1, -0.05) is 60.7 Å². The van der Waals surface area contributed by atoms with Crippen LogP contribution in [-0.2, 0) is 0 Å². The van der Waals surface area contributed by atoms with Crippen molar-refractivity contribution in [2.45, 2.75) is 13.0 Å². The molecular formula is C18H17N3. The lowest BCUT2D eigenvalue weighted by atomic mass is 9.99. The third-order valence-corrected chi connectivity index (χ3v) is 3.33. The first-order chi connectivity index (χ1) is 10.3. The summed E-state index contributed by atoms with van der Waals surface area (Å²) in [4.78, 5) is 8.58. The van der Waals surface area contributed by atoms with Gasteiger partial charge >= 0.3 is 0 Å². The smallest absolute Gasteiger partial charge is 0.130 e. The van der Waals surface area contributed by atoms with E-state index in [0.29, 0.717) is 0 Å². The van der Waals surface area contributed by atoms with Gasteiger partial charge in [-0.25, -0.2) is 9.97 Å². The van der Waals surface area contributed by atoms with Crippen molar-refractivity contribution in [1.82, 2.24) is 9.97 Å². The molecule has 0 aliphatic rings. The second-order valence-electron chi connectivity index (χ2n) is 4.89. The maximum absolute atomic E-state index is 4.44. The van der Waals surface area contributed by atoms with Crippen molar-refractivity contribution in [1.29, 1.82) is 0 Å². The molecule has 0 spiro atoms. The summed E-state index contributed by atoms with van der Waals surface area (Å²) in [5, 5.41) is 3.50. The van der Waals surface area contributed by atoms with Crippen LogP contribution in [0.3, 0.4) is 0 Å². The van der Waals surface area contributed by atoms with Crippen LogP contribution in [0, 0.1) is 6.92 Å². The average molecular weight is 275 g/mol. The Hall–Kier alpha value is -2.68. The van der Waals surface area contributed by atoms with Crippen LogP contribution in [0.1, 0.15) is 23.0 Å². The molecule has 0 unspecified atom stereocenters. The molecule has 3 aromatic rings. The molecule has 3 rings (SSSR count). The molecule has 1 heterocycles. The van der Waals surface area contributed by atoms with Crippen LogP contribution >= 0.6 is 0 Å². The molecule has 1 N–H and O–H groups in total. The van der Waals surface area contributed by atoms with Gasteiger partial charge in [0.05, 0.1) is 6.04 Å². The van der Waals surface area contributed by atoms with Crippen molar-refractivity contribution in [3.05, 3.63) is 89.9 Å². The second kappa shape index (κ2) is 6.18. The highest BCUT2D eigenvalue weighted by Crippen LogP contribution is 2.25. The molecule has 0 aliphatic heterocycles. The van der Waals surface area contributed by atoms with Crippen LogP contribution in [0.5, 0.6) is 0 Å². The Morgan fingerprint density at radius 2 is 1.38 bits per heavy atom. The number of nitrogens with zero attached hydrogens (tertiary/aromatic N) is 2. The highest BCUT2D eigenvalue weighted by Gasteiger charge is 2.14. The first kappa shape index (κ1) is 13.3. The first-order valence-electron chi connectivity index (χ1n) is 6.99. The van der Waals surface area contributed by atoms with E-state index in [9.17, 15) is 0 Å². The Labute approximate surface area is 124 Å². The number of nitrogens with one attached hydrogen (secondary N) is 1. The minimum Gasteiger partial charge on any atom is -0.359 e. The number of benzene rings is 2. The SMILES string of the molecule is Cc1nccc(NC(c2ccccc2)c2ccccc2)n1. The lowest BCUT2D eigenvalue weighted by molar-refractivity contribution is 0.914. The highest BCUT2D eigenvalue weighted by atomic mass is 15.0. The van der Waals surface area contributed by atoms with Crippen LogP contribution in [0.4, 0.5) is 5.82 Å². The zero-order valence-corrected chi connectivity index (χ0v) is 11.9. The summed E-state index contributed by atoms with van der Waals surface area (Å²) in [6.45, 7) is 1.89. The fourth-order valence-electron chi connectivity index (χ4n) is 2.33. The zero-order valence-electron chi connectivity index (χ0n) is 11.9. The summed E-state index contributed by atoms with van der Waals surface area (Å²) < 4.78 is 0.